The van der Waals surface area contributed by atoms with E-state index in [0.29, 0.717) is 24.1 Å². The summed E-state index contributed by atoms with van der Waals surface area (Å²) in [5, 5.41) is 0. The Hall–Kier alpha value is -9.21. The molecule has 0 aliphatic carbocycles. The SMILES string of the molecule is Cc1ccccc1N1C=CN(C)C1C.Cc1ccccc1N1C=CN(c2ccccc2)C1C.Cc1ccccc1N1c2ccccc2N(C)C1C.[2H]C([2H])(C)c1ccc(-c2ccccc2C)[n+](C)c1.[2H]C([2H])([2H])N1c2ccccc2N(c2ccccc2C)C1C. The molecule has 0 saturated carbocycles. The van der Waals surface area contributed by atoms with Crippen molar-refractivity contribution in [2.24, 2.45) is 7.05 Å². The molecule has 13 rings (SSSR count). The highest BCUT2D eigenvalue weighted by atomic mass is 15.4. The van der Waals surface area contributed by atoms with Gasteiger partial charge in [0.25, 0.3) is 0 Å². The van der Waals surface area contributed by atoms with Crippen LogP contribution >= 0.6 is 0 Å². The molecule has 0 saturated heterocycles. The van der Waals surface area contributed by atoms with Gasteiger partial charge in [-0.05, 0) is 169 Å². The number of anilines is 9. The van der Waals surface area contributed by atoms with E-state index in [0.717, 1.165) is 28.3 Å². The molecule has 4 aliphatic rings. The highest BCUT2D eigenvalue weighted by molar-refractivity contribution is 5.85. The van der Waals surface area contributed by atoms with Crippen LogP contribution in [0.25, 0.3) is 11.3 Å². The monoisotopic (exact) mass is 1130 g/mol. The average molecular weight is 1130 g/mol. The largest absolute Gasteiger partial charge is 0.359 e. The Balaban J connectivity index is 0.000000134. The lowest BCUT2D eigenvalue weighted by Gasteiger charge is -2.30. The number of nitrogens with zero attached hydrogens (tertiary/aromatic N) is 9. The summed E-state index contributed by atoms with van der Waals surface area (Å²) in [7, 11) is 6.21. The van der Waals surface area contributed by atoms with Crippen molar-refractivity contribution in [1.29, 1.82) is 0 Å². The lowest BCUT2D eigenvalue weighted by Crippen LogP contribution is -2.36. The first-order valence-corrected chi connectivity index (χ1v) is 29.5. The molecular weight excluding hydrogens is 1040 g/mol. The summed E-state index contributed by atoms with van der Waals surface area (Å²) in [6.07, 6.45) is 9.90. The number of aromatic nitrogens is 1. The first kappa shape index (κ1) is 53.8. The van der Waals surface area contributed by atoms with Gasteiger partial charge in [0.05, 0.1) is 22.7 Å². The molecule has 0 N–H and O–H groups in total. The van der Waals surface area contributed by atoms with Crippen LogP contribution in [0.5, 0.6) is 0 Å². The van der Waals surface area contributed by atoms with E-state index in [-0.39, 0.29) is 6.17 Å². The highest BCUT2D eigenvalue weighted by Gasteiger charge is 2.33. The zero-order valence-corrected chi connectivity index (χ0v) is 51.9. The maximum atomic E-state index is 7.83. The van der Waals surface area contributed by atoms with E-state index < -0.39 is 13.3 Å². The first-order chi connectivity index (χ1) is 43.0. The number of benzene rings is 8. The van der Waals surface area contributed by atoms with E-state index in [1.165, 1.54) is 66.8 Å². The highest BCUT2D eigenvalue weighted by Crippen LogP contribution is 2.45. The van der Waals surface area contributed by atoms with Crippen LogP contribution < -0.4 is 38.9 Å². The molecule has 0 radical (unpaired) electrons. The van der Waals surface area contributed by atoms with Crippen molar-refractivity contribution in [2.75, 3.05) is 55.4 Å². The summed E-state index contributed by atoms with van der Waals surface area (Å²) in [6.45, 7) is 18.6. The summed E-state index contributed by atoms with van der Waals surface area (Å²) in [4.78, 5) is 17.4. The third kappa shape index (κ3) is 13.3. The Bertz CT molecular complexity index is 3940. The predicted molar refractivity (Wildman–Crippen MR) is 364 cm³/mol. The standard InChI is InChI=1S/C17H18N2.2C16H18N2.C15H18N.C12H16N2/c1-14-8-6-7-11-17(14)19-13-12-18(15(19)2)16-9-4-3-5-10-16;2*1-12-8-4-5-9-14(12)18-13(2)17(3)15-10-6-7-11-16(15)18;1-4-13-9-10-15(16(3)11-13)14-8-6-5-7-12(14)2;1-10-6-4-5-7-12(10)14-9-8-13(3)11(14)2/h3-13,15H,1-2H3;2*4-11,13H,1-3H3;5-11H,4H2,1-3H3;4-9,11H,1-3H3/q;;;+1;/i;3D3;;4D2;. The molecule has 0 bridgehead atoms. The molecule has 4 atom stereocenters. The Morgan fingerprint density at radius 2 is 0.776 bits per heavy atom. The fourth-order valence-electron chi connectivity index (χ4n) is 11.5. The van der Waals surface area contributed by atoms with E-state index in [9.17, 15) is 0 Å². The quantitative estimate of drug-likeness (QED) is 0.146. The maximum Gasteiger partial charge on any atom is 0.212 e. The zero-order chi connectivity index (χ0) is 64.6. The van der Waals surface area contributed by atoms with E-state index in [2.05, 4.69) is 255 Å². The van der Waals surface area contributed by atoms with E-state index in [4.69, 9.17) is 6.85 Å². The fourth-order valence-corrected chi connectivity index (χ4v) is 11.5. The van der Waals surface area contributed by atoms with E-state index in [1.807, 2.05) is 111 Å². The van der Waals surface area contributed by atoms with Gasteiger partial charge in [-0.15, -0.1) is 0 Å². The second kappa shape index (κ2) is 27.5. The van der Waals surface area contributed by atoms with Crippen molar-refractivity contribution < 1.29 is 11.4 Å². The predicted octanol–water partition coefficient (Wildman–Crippen LogP) is 17.6. The molecule has 85 heavy (non-hydrogen) atoms. The maximum absolute atomic E-state index is 7.83. The summed E-state index contributed by atoms with van der Waals surface area (Å²) in [6, 6.07) is 72.4. The summed E-state index contributed by atoms with van der Waals surface area (Å²) in [5.74, 6) is 0. The molecule has 9 heteroatoms. The van der Waals surface area contributed by atoms with Gasteiger partial charge in [0.2, 0.25) is 5.69 Å². The topological polar surface area (TPSA) is 29.8 Å². The molecule has 436 valence electrons. The number of hydrogen-bond donors (Lipinski definition) is 0. The van der Waals surface area contributed by atoms with Gasteiger partial charge in [-0.3, -0.25) is 0 Å². The van der Waals surface area contributed by atoms with Crippen molar-refractivity contribution in [3.05, 3.63) is 277 Å². The van der Waals surface area contributed by atoms with Gasteiger partial charge >= 0.3 is 0 Å². The van der Waals surface area contributed by atoms with Crippen molar-refractivity contribution in [1.82, 2.24) is 4.90 Å². The van der Waals surface area contributed by atoms with Crippen LogP contribution in [-0.4, -0.2) is 50.6 Å². The molecule has 8 aromatic carbocycles. The number of hydrogen-bond acceptors (Lipinski definition) is 8. The smallest absolute Gasteiger partial charge is 0.212 e. The van der Waals surface area contributed by atoms with Gasteiger partial charge in [0, 0.05) is 98.4 Å². The summed E-state index contributed by atoms with van der Waals surface area (Å²) in [5.41, 5.74) is 19.7. The minimum Gasteiger partial charge on any atom is -0.359 e. The van der Waals surface area contributed by atoms with Crippen LogP contribution in [0.3, 0.4) is 0 Å². The third-order valence-corrected chi connectivity index (χ3v) is 16.7. The van der Waals surface area contributed by atoms with Crippen molar-refractivity contribution in [3.63, 3.8) is 0 Å². The average Bonchev–Trinajstić information content (AvgIpc) is 1.61. The Morgan fingerprint density at radius 3 is 1.22 bits per heavy atom. The van der Waals surface area contributed by atoms with E-state index >= 15 is 0 Å². The van der Waals surface area contributed by atoms with Gasteiger partial charge < -0.3 is 39.2 Å². The lowest BCUT2D eigenvalue weighted by atomic mass is 10.0. The number of aryl methyl sites for hydroxylation is 7. The minimum atomic E-state index is -2.16. The molecule has 9 aromatic rings. The normalized spacial score (nSPS) is 18.2. The second-order valence-electron chi connectivity index (χ2n) is 22.2. The Kier molecular flexibility index (Phi) is 17.4. The minimum absolute atomic E-state index is 0.254. The van der Waals surface area contributed by atoms with Gasteiger partial charge in [0.15, 0.2) is 6.20 Å². The van der Waals surface area contributed by atoms with Crippen LogP contribution in [0.1, 0.15) is 74.9 Å². The van der Waals surface area contributed by atoms with Crippen LogP contribution in [0.2, 0.25) is 0 Å². The molecule has 4 unspecified atom stereocenters. The van der Waals surface area contributed by atoms with Crippen LogP contribution in [-0.2, 0) is 13.4 Å². The van der Waals surface area contributed by atoms with Gasteiger partial charge in [-0.25, -0.2) is 4.57 Å². The Morgan fingerprint density at radius 1 is 0.388 bits per heavy atom. The van der Waals surface area contributed by atoms with Crippen LogP contribution in [0.4, 0.5) is 51.2 Å². The molecule has 4 aliphatic heterocycles. The van der Waals surface area contributed by atoms with Crippen molar-refractivity contribution in [3.8, 4) is 11.3 Å². The molecule has 5 heterocycles. The van der Waals surface area contributed by atoms with Gasteiger partial charge in [-0.2, -0.15) is 0 Å². The van der Waals surface area contributed by atoms with Crippen molar-refractivity contribution in [2.45, 2.75) is 100 Å². The number of para-hydroxylation sites is 9. The van der Waals surface area contributed by atoms with Crippen LogP contribution in [0, 0.1) is 34.6 Å². The molecule has 0 amide bonds. The molecule has 0 fully saturated rings. The fraction of sp³-hybridized carbons (Fsp3) is 0.250. The number of pyridine rings is 1. The number of fused-ring (bicyclic) bond motifs is 2. The molecule has 0 spiro atoms. The molecular formula is C76H88N9+. The van der Waals surface area contributed by atoms with E-state index in [1.54, 1.807) is 6.92 Å². The molecule has 9 nitrogen and oxygen atoms in total. The van der Waals surface area contributed by atoms with Gasteiger partial charge in [0.1, 0.15) is 31.7 Å². The second-order valence-corrected chi connectivity index (χ2v) is 22.2. The third-order valence-electron chi connectivity index (χ3n) is 16.7. The summed E-state index contributed by atoms with van der Waals surface area (Å²) < 4.78 is 41.0. The first-order valence-electron chi connectivity index (χ1n) is 32.0. The van der Waals surface area contributed by atoms with Gasteiger partial charge in [-0.1, -0.05) is 140 Å². The van der Waals surface area contributed by atoms with Crippen LogP contribution in [0.15, 0.2) is 243 Å². The zero-order valence-electron chi connectivity index (χ0n) is 56.9. The molecule has 1 aromatic heterocycles. The Labute approximate surface area is 515 Å². The summed E-state index contributed by atoms with van der Waals surface area (Å²) >= 11 is 0. The van der Waals surface area contributed by atoms with Crippen molar-refractivity contribution >= 4 is 51.2 Å². The number of rotatable bonds is 7. The lowest BCUT2D eigenvalue weighted by molar-refractivity contribution is -0.660.